The molecule has 2 heterocycles. The van der Waals surface area contributed by atoms with E-state index >= 15 is 0 Å². The molecule has 2 aromatic rings. The molecule has 17 heavy (non-hydrogen) atoms. The molecule has 0 bridgehead atoms. The smallest absolute Gasteiger partial charge is 0.274 e. The van der Waals surface area contributed by atoms with Crippen LogP contribution in [0, 0.1) is 6.92 Å². The number of carbonyl (C=O) groups is 1. The van der Waals surface area contributed by atoms with Gasteiger partial charge in [0, 0.05) is 24.0 Å². The highest BCUT2D eigenvalue weighted by atomic mass is 16.2. The molecule has 6 nitrogen and oxygen atoms in total. The molecule has 0 saturated heterocycles. The van der Waals surface area contributed by atoms with Gasteiger partial charge in [0.05, 0.1) is 0 Å². The first-order chi connectivity index (χ1) is 8.13. The number of nitrogens with one attached hydrogen (secondary N) is 2. The minimum atomic E-state index is -0.233. The Hall–Kier alpha value is -2.11. The van der Waals surface area contributed by atoms with E-state index in [0.29, 0.717) is 11.2 Å². The second-order valence-corrected chi connectivity index (χ2v) is 4.37. The van der Waals surface area contributed by atoms with Crippen molar-refractivity contribution in [3.63, 3.8) is 0 Å². The van der Waals surface area contributed by atoms with Gasteiger partial charge in [-0.1, -0.05) is 0 Å². The van der Waals surface area contributed by atoms with Crippen molar-refractivity contribution in [2.75, 3.05) is 0 Å². The van der Waals surface area contributed by atoms with Gasteiger partial charge in [0.2, 0.25) is 0 Å². The zero-order valence-electron chi connectivity index (χ0n) is 9.36. The Kier molecular flexibility index (Phi) is 2.04. The Morgan fingerprint density at radius 3 is 3.06 bits per heavy atom. The number of carbonyl (C=O) groups excluding carboxylic acids is 1. The van der Waals surface area contributed by atoms with Gasteiger partial charge >= 0.3 is 0 Å². The molecule has 1 fully saturated rings. The van der Waals surface area contributed by atoms with E-state index in [9.17, 15) is 9.59 Å². The molecule has 0 unspecified atom stereocenters. The Morgan fingerprint density at radius 1 is 1.59 bits per heavy atom. The molecule has 3 rings (SSSR count). The molecule has 0 spiro atoms. The predicted octanol–water partition coefficient (Wildman–Crippen LogP) is 0.223. The van der Waals surface area contributed by atoms with Gasteiger partial charge in [-0.2, -0.15) is 5.10 Å². The zero-order valence-corrected chi connectivity index (χ0v) is 9.36. The van der Waals surface area contributed by atoms with Crippen LogP contribution in [0.1, 0.15) is 29.0 Å². The molecule has 0 radical (unpaired) electrons. The van der Waals surface area contributed by atoms with Crippen molar-refractivity contribution in [2.24, 2.45) is 0 Å². The van der Waals surface area contributed by atoms with Crippen LogP contribution in [0.25, 0.3) is 5.52 Å². The van der Waals surface area contributed by atoms with E-state index in [0.717, 1.165) is 12.8 Å². The summed E-state index contributed by atoms with van der Waals surface area (Å²) in [6, 6.07) is 1.79. The van der Waals surface area contributed by atoms with E-state index in [-0.39, 0.29) is 23.2 Å². The van der Waals surface area contributed by atoms with Crippen LogP contribution in [0.4, 0.5) is 0 Å². The van der Waals surface area contributed by atoms with E-state index in [1.807, 2.05) is 0 Å². The maximum absolute atomic E-state index is 11.8. The molecular formula is C11H12N4O2. The van der Waals surface area contributed by atoms with E-state index in [1.54, 1.807) is 13.1 Å². The number of amides is 1. The molecule has 2 N–H and O–H groups in total. The topological polar surface area (TPSA) is 79.3 Å². The van der Waals surface area contributed by atoms with Gasteiger partial charge in [0.1, 0.15) is 5.52 Å². The minimum Gasteiger partial charge on any atom is -0.348 e. The summed E-state index contributed by atoms with van der Waals surface area (Å²) in [7, 11) is 0. The summed E-state index contributed by atoms with van der Waals surface area (Å²) in [6.07, 6.45) is 3.74. The fourth-order valence-corrected chi connectivity index (χ4v) is 1.72. The lowest BCUT2D eigenvalue weighted by Crippen LogP contribution is -2.25. The zero-order chi connectivity index (χ0) is 12.0. The van der Waals surface area contributed by atoms with Gasteiger partial charge in [-0.15, -0.1) is 0 Å². The molecule has 1 aliphatic rings. The molecular weight excluding hydrogens is 220 g/mol. The number of fused-ring (bicyclic) bond motifs is 1. The van der Waals surface area contributed by atoms with Gasteiger partial charge in [0.25, 0.3) is 11.5 Å². The number of rotatable bonds is 2. The van der Waals surface area contributed by atoms with Crippen LogP contribution in [0.3, 0.4) is 0 Å². The highest BCUT2D eigenvalue weighted by Crippen LogP contribution is 2.19. The van der Waals surface area contributed by atoms with Crippen LogP contribution >= 0.6 is 0 Å². The molecule has 2 aromatic heterocycles. The number of hydrogen-bond acceptors (Lipinski definition) is 3. The minimum absolute atomic E-state index is 0.215. The van der Waals surface area contributed by atoms with Crippen molar-refractivity contribution >= 4 is 11.4 Å². The molecule has 0 atom stereocenters. The number of nitrogens with zero attached hydrogens (tertiary/aromatic N) is 2. The summed E-state index contributed by atoms with van der Waals surface area (Å²) in [5, 5.41) is 6.94. The number of aromatic nitrogens is 3. The lowest BCUT2D eigenvalue weighted by atomic mass is 10.3. The highest BCUT2D eigenvalue weighted by molar-refractivity contribution is 5.93. The van der Waals surface area contributed by atoms with Gasteiger partial charge in [-0.25, -0.2) is 4.52 Å². The van der Waals surface area contributed by atoms with E-state index < -0.39 is 0 Å². The molecule has 1 saturated carbocycles. The van der Waals surface area contributed by atoms with Crippen molar-refractivity contribution in [3.8, 4) is 0 Å². The average Bonchev–Trinajstić information content (AvgIpc) is 2.94. The SMILES string of the molecule is Cc1cn2nc(C(=O)NC3CC3)cc2c(=O)[nH]1. The van der Waals surface area contributed by atoms with Gasteiger partial charge in [-0.3, -0.25) is 9.59 Å². The van der Waals surface area contributed by atoms with Crippen LogP contribution in [0.15, 0.2) is 17.1 Å². The first-order valence-electron chi connectivity index (χ1n) is 5.53. The van der Waals surface area contributed by atoms with Gasteiger partial charge in [-0.05, 0) is 19.8 Å². The second kappa shape index (κ2) is 3.44. The van der Waals surface area contributed by atoms with E-state index in [1.165, 1.54) is 10.6 Å². The summed E-state index contributed by atoms with van der Waals surface area (Å²) >= 11 is 0. The standard InChI is InChI=1S/C11H12N4O2/c1-6-5-15-9(11(17)12-6)4-8(14-15)10(16)13-7-2-3-7/h4-5,7H,2-3H2,1H3,(H,12,17)(H,13,16). The fraction of sp³-hybridized carbons (Fsp3) is 0.364. The van der Waals surface area contributed by atoms with Gasteiger partial charge < -0.3 is 10.3 Å². The second-order valence-electron chi connectivity index (χ2n) is 4.37. The monoisotopic (exact) mass is 232 g/mol. The number of aromatic amines is 1. The van der Waals surface area contributed by atoms with Crippen molar-refractivity contribution in [1.82, 2.24) is 19.9 Å². The lowest BCUT2D eigenvalue weighted by molar-refractivity contribution is 0.0946. The third kappa shape index (κ3) is 1.82. The van der Waals surface area contributed by atoms with Crippen molar-refractivity contribution in [1.29, 1.82) is 0 Å². The normalized spacial score (nSPS) is 15.1. The predicted molar refractivity (Wildman–Crippen MR) is 61.0 cm³/mol. The third-order valence-electron chi connectivity index (χ3n) is 2.74. The van der Waals surface area contributed by atoms with Crippen molar-refractivity contribution < 1.29 is 4.79 Å². The van der Waals surface area contributed by atoms with Crippen LogP contribution in [-0.2, 0) is 0 Å². The molecule has 0 aliphatic heterocycles. The maximum Gasteiger partial charge on any atom is 0.274 e. The molecule has 0 aromatic carbocycles. The summed E-state index contributed by atoms with van der Waals surface area (Å²) in [5.74, 6) is -0.215. The summed E-state index contributed by atoms with van der Waals surface area (Å²) in [5.41, 5.74) is 1.15. The Bertz CT molecular complexity index is 651. The first-order valence-corrected chi connectivity index (χ1v) is 5.53. The Labute approximate surface area is 96.6 Å². The third-order valence-corrected chi connectivity index (χ3v) is 2.74. The molecule has 6 heteroatoms. The largest absolute Gasteiger partial charge is 0.348 e. The average molecular weight is 232 g/mol. The van der Waals surface area contributed by atoms with Gasteiger partial charge in [0.15, 0.2) is 5.69 Å². The molecule has 88 valence electrons. The highest BCUT2D eigenvalue weighted by Gasteiger charge is 2.25. The molecule has 1 amide bonds. The lowest BCUT2D eigenvalue weighted by Gasteiger charge is -1.97. The van der Waals surface area contributed by atoms with Crippen LogP contribution in [0.5, 0.6) is 0 Å². The maximum atomic E-state index is 11.8. The fourth-order valence-electron chi connectivity index (χ4n) is 1.72. The van der Waals surface area contributed by atoms with E-state index in [4.69, 9.17) is 0 Å². The van der Waals surface area contributed by atoms with Crippen molar-refractivity contribution in [2.45, 2.75) is 25.8 Å². The number of H-pyrrole nitrogens is 1. The van der Waals surface area contributed by atoms with Crippen molar-refractivity contribution in [3.05, 3.63) is 34.0 Å². The van der Waals surface area contributed by atoms with E-state index in [2.05, 4.69) is 15.4 Å². The molecule has 1 aliphatic carbocycles. The van der Waals surface area contributed by atoms with Crippen LogP contribution in [-0.4, -0.2) is 26.5 Å². The quantitative estimate of drug-likeness (QED) is 0.777. The number of hydrogen-bond donors (Lipinski definition) is 2. The van der Waals surface area contributed by atoms with Crippen LogP contribution < -0.4 is 10.9 Å². The summed E-state index contributed by atoms with van der Waals surface area (Å²) in [6.45, 7) is 1.77. The summed E-state index contributed by atoms with van der Waals surface area (Å²) < 4.78 is 1.44. The number of aryl methyl sites for hydroxylation is 1. The Morgan fingerprint density at radius 2 is 2.35 bits per heavy atom. The summed E-state index contributed by atoms with van der Waals surface area (Å²) in [4.78, 5) is 26.1. The Balaban J connectivity index is 2.03. The first kappa shape index (κ1) is 10.1. The van der Waals surface area contributed by atoms with Crippen LogP contribution in [0.2, 0.25) is 0 Å².